The first-order chi connectivity index (χ1) is 14.1. The number of aryl methyl sites for hydroxylation is 2. The number of rotatable bonds is 9. The Kier molecular flexibility index (Phi) is 7.89. The molecule has 164 valence electrons. The van der Waals surface area contributed by atoms with Crippen LogP contribution in [0.2, 0.25) is 0 Å². The Hall–Kier alpha value is -2.54. The van der Waals surface area contributed by atoms with Gasteiger partial charge in [0.05, 0.1) is 24.6 Å². The van der Waals surface area contributed by atoms with E-state index in [1.807, 2.05) is 45.9 Å². The minimum Gasteiger partial charge on any atom is -0.494 e. The first kappa shape index (κ1) is 23.7. The number of carbonyl (C=O) groups is 1. The Morgan fingerprint density at radius 3 is 2.20 bits per heavy atom. The molecule has 2 aromatic rings. The highest BCUT2D eigenvalue weighted by molar-refractivity contribution is 7.92. The van der Waals surface area contributed by atoms with E-state index in [0.29, 0.717) is 24.5 Å². The predicted octanol–water partition coefficient (Wildman–Crippen LogP) is 4.12. The summed E-state index contributed by atoms with van der Waals surface area (Å²) in [6.45, 7) is 10.2. The number of benzene rings is 2. The molecule has 6 nitrogen and oxygen atoms in total. The Morgan fingerprint density at radius 1 is 1.07 bits per heavy atom. The number of hydrogen-bond acceptors (Lipinski definition) is 4. The molecule has 0 aromatic heterocycles. The molecular formula is C23H32N2O4S. The maximum Gasteiger partial charge on any atom is 0.244 e. The lowest BCUT2D eigenvalue weighted by molar-refractivity contribution is -0.122. The van der Waals surface area contributed by atoms with Gasteiger partial charge in [-0.3, -0.25) is 9.10 Å². The third-order valence-electron chi connectivity index (χ3n) is 5.12. The summed E-state index contributed by atoms with van der Waals surface area (Å²) in [5.41, 5.74) is 3.74. The van der Waals surface area contributed by atoms with Gasteiger partial charge in [0.1, 0.15) is 11.8 Å². The molecule has 0 saturated heterocycles. The highest BCUT2D eigenvalue weighted by Gasteiger charge is 2.32. The van der Waals surface area contributed by atoms with E-state index in [1.54, 1.807) is 31.2 Å². The number of ether oxygens (including phenoxy) is 1. The van der Waals surface area contributed by atoms with Crippen LogP contribution >= 0.6 is 0 Å². The van der Waals surface area contributed by atoms with Crippen molar-refractivity contribution in [2.45, 2.75) is 53.1 Å². The highest BCUT2D eigenvalue weighted by Crippen LogP contribution is 2.26. The van der Waals surface area contributed by atoms with Crippen LogP contribution in [0.3, 0.4) is 0 Å². The van der Waals surface area contributed by atoms with Gasteiger partial charge in [-0.25, -0.2) is 8.42 Å². The lowest BCUT2D eigenvalue weighted by Crippen LogP contribution is -2.49. The van der Waals surface area contributed by atoms with Gasteiger partial charge in [-0.05, 0) is 75.1 Å². The van der Waals surface area contributed by atoms with Gasteiger partial charge in [0.2, 0.25) is 15.9 Å². The predicted molar refractivity (Wildman–Crippen MR) is 121 cm³/mol. The van der Waals surface area contributed by atoms with Crippen LogP contribution < -0.4 is 14.4 Å². The average Bonchev–Trinajstić information content (AvgIpc) is 2.68. The van der Waals surface area contributed by atoms with Crippen LogP contribution in [0.1, 0.15) is 49.9 Å². The van der Waals surface area contributed by atoms with Crippen molar-refractivity contribution in [1.29, 1.82) is 0 Å². The molecule has 2 rings (SSSR count). The molecular weight excluding hydrogens is 400 g/mol. The zero-order valence-corrected chi connectivity index (χ0v) is 19.4. The summed E-state index contributed by atoms with van der Waals surface area (Å²) in [5.74, 6) is 0.318. The zero-order valence-electron chi connectivity index (χ0n) is 18.6. The fraction of sp³-hybridized carbons (Fsp3) is 0.435. The summed E-state index contributed by atoms with van der Waals surface area (Å²) in [7, 11) is -3.68. The van der Waals surface area contributed by atoms with Crippen molar-refractivity contribution in [3.05, 3.63) is 59.2 Å². The summed E-state index contributed by atoms with van der Waals surface area (Å²) >= 11 is 0. The summed E-state index contributed by atoms with van der Waals surface area (Å²) in [4.78, 5) is 13.1. The van der Waals surface area contributed by atoms with Crippen molar-refractivity contribution >= 4 is 21.6 Å². The molecule has 0 aliphatic carbocycles. The lowest BCUT2D eigenvalue weighted by Gasteiger charge is -2.31. The first-order valence-corrected chi connectivity index (χ1v) is 12.0. The van der Waals surface area contributed by atoms with Crippen LogP contribution in [0.5, 0.6) is 5.75 Å². The molecule has 0 fully saturated rings. The molecule has 1 N–H and O–H groups in total. The van der Waals surface area contributed by atoms with Gasteiger partial charge < -0.3 is 10.1 Å². The maximum absolute atomic E-state index is 13.1. The summed E-state index contributed by atoms with van der Waals surface area (Å²) in [5, 5.41) is 2.98. The van der Waals surface area contributed by atoms with Crippen molar-refractivity contribution in [3.63, 3.8) is 0 Å². The normalized spacial score (nSPS) is 13.4. The lowest BCUT2D eigenvalue weighted by atomic mass is 10.0. The van der Waals surface area contributed by atoms with Gasteiger partial charge >= 0.3 is 0 Å². The van der Waals surface area contributed by atoms with Crippen LogP contribution in [0.15, 0.2) is 42.5 Å². The molecule has 0 bridgehead atoms. The van der Waals surface area contributed by atoms with Crippen molar-refractivity contribution < 1.29 is 17.9 Å². The molecule has 30 heavy (non-hydrogen) atoms. The van der Waals surface area contributed by atoms with E-state index in [0.717, 1.165) is 17.4 Å². The van der Waals surface area contributed by atoms with Gasteiger partial charge in [0, 0.05) is 0 Å². The summed E-state index contributed by atoms with van der Waals surface area (Å²) in [6.07, 6.45) is 1.46. The van der Waals surface area contributed by atoms with Crippen LogP contribution in [-0.2, 0) is 14.8 Å². The third kappa shape index (κ3) is 5.75. The van der Waals surface area contributed by atoms with Gasteiger partial charge in [0.25, 0.3) is 0 Å². The average molecular weight is 433 g/mol. The Balaban J connectivity index is 2.29. The standard InChI is InChI=1S/C23H32N2O4S/c1-7-22(23(26)24-18(5)19-10-9-16(3)17(4)15-19)25(30(6,27)28)20-11-13-21(14-12-20)29-8-2/h9-15,18,22H,7-8H2,1-6H3,(H,24,26). The molecule has 1 amide bonds. The zero-order chi connectivity index (χ0) is 22.5. The van der Waals surface area contributed by atoms with E-state index >= 15 is 0 Å². The fourth-order valence-electron chi connectivity index (χ4n) is 3.34. The SMILES string of the molecule is CCOc1ccc(N(C(CC)C(=O)NC(C)c2ccc(C)c(C)c2)S(C)(=O)=O)cc1. The number of hydrogen-bond donors (Lipinski definition) is 1. The topological polar surface area (TPSA) is 75.7 Å². The molecule has 2 aromatic carbocycles. The van der Waals surface area contributed by atoms with Gasteiger partial charge in [-0.1, -0.05) is 25.1 Å². The Bertz CT molecular complexity index is 971. The van der Waals surface area contributed by atoms with Gasteiger partial charge in [-0.15, -0.1) is 0 Å². The number of carbonyl (C=O) groups excluding carboxylic acids is 1. The smallest absolute Gasteiger partial charge is 0.244 e. The Labute approximate surface area is 180 Å². The van der Waals surface area contributed by atoms with Crippen molar-refractivity contribution in [2.75, 3.05) is 17.2 Å². The third-order valence-corrected chi connectivity index (χ3v) is 6.30. The largest absolute Gasteiger partial charge is 0.494 e. The van der Waals surface area contributed by atoms with Crippen molar-refractivity contribution in [2.24, 2.45) is 0 Å². The van der Waals surface area contributed by atoms with Crippen LogP contribution in [0, 0.1) is 13.8 Å². The van der Waals surface area contributed by atoms with E-state index in [-0.39, 0.29) is 11.9 Å². The summed E-state index contributed by atoms with van der Waals surface area (Å²) < 4.78 is 31.8. The second kappa shape index (κ2) is 9.98. The molecule has 0 saturated carbocycles. The van der Waals surface area contributed by atoms with E-state index in [2.05, 4.69) is 5.32 Å². The van der Waals surface area contributed by atoms with Crippen LogP contribution in [0.25, 0.3) is 0 Å². The van der Waals surface area contributed by atoms with E-state index in [1.165, 1.54) is 9.87 Å². The minimum absolute atomic E-state index is 0.243. The molecule has 0 radical (unpaired) electrons. The Morgan fingerprint density at radius 2 is 1.70 bits per heavy atom. The maximum atomic E-state index is 13.1. The van der Waals surface area contributed by atoms with Crippen molar-refractivity contribution in [1.82, 2.24) is 5.32 Å². The molecule has 2 atom stereocenters. The van der Waals surface area contributed by atoms with Crippen LogP contribution in [-0.4, -0.2) is 33.2 Å². The molecule has 0 spiro atoms. The number of nitrogens with zero attached hydrogens (tertiary/aromatic N) is 1. The molecule has 0 aliphatic rings. The fourth-order valence-corrected chi connectivity index (χ4v) is 4.55. The number of anilines is 1. The van der Waals surface area contributed by atoms with Gasteiger partial charge in [-0.2, -0.15) is 0 Å². The second-order valence-corrected chi connectivity index (χ2v) is 9.34. The second-order valence-electron chi connectivity index (χ2n) is 7.48. The molecule has 7 heteroatoms. The summed E-state index contributed by atoms with van der Waals surface area (Å²) in [6, 6.07) is 11.7. The van der Waals surface area contributed by atoms with Crippen molar-refractivity contribution in [3.8, 4) is 5.75 Å². The highest BCUT2D eigenvalue weighted by atomic mass is 32.2. The van der Waals surface area contributed by atoms with Crippen LogP contribution in [0.4, 0.5) is 5.69 Å². The van der Waals surface area contributed by atoms with E-state index in [9.17, 15) is 13.2 Å². The minimum atomic E-state index is -3.68. The number of sulfonamides is 1. The molecule has 0 heterocycles. The quantitative estimate of drug-likeness (QED) is 0.647. The molecule has 2 unspecified atom stereocenters. The number of amides is 1. The molecule has 0 aliphatic heterocycles. The first-order valence-electron chi connectivity index (χ1n) is 10.2. The number of nitrogens with one attached hydrogen (secondary N) is 1. The van der Waals surface area contributed by atoms with Gasteiger partial charge in [0.15, 0.2) is 0 Å². The van der Waals surface area contributed by atoms with E-state index in [4.69, 9.17) is 4.74 Å². The monoisotopic (exact) mass is 432 g/mol. The van der Waals surface area contributed by atoms with E-state index < -0.39 is 16.1 Å².